The SMILES string of the molecule is COc1ccc(/C(O)=C2/C(=O)C(=O)N(c3ccc(Nc4ccccc4)cc3)C2c2ccc(O)cc2)cc1Br. The van der Waals surface area contributed by atoms with E-state index in [9.17, 15) is 19.8 Å². The highest BCUT2D eigenvalue weighted by Crippen LogP contribution is 2.43. The van der Waals surface area contributed by atoms with E-state index in [0.717, 1.165) is 11.4 Å². The molecule has 1 fully saturated rings. The third kappa shape index (κ3) is 4.73. The van der Waals surface area contributed by atoms with Gasteiger partial charge in [-0.2, -0.15) is 0 Å². The number of halogens is 1. The van der Waals surface area contributed by atoms with Gasteiger partial charge in [0, 0.05) is 22.6 Å². The number of para-hydroxylation sites is 1. The molecule has 190 valence electrons. The van der Waals surface area contributed by atoms with Gasteiger partial charge in [-0.3, -0.25) is 14.5 Å². The second-order valence-electron chi connectivity index (χ2n) is 8.65. The topological polar surface area (TPSA) is 99.1 Å². The van der Waals surface area contributed by atoms with E-state index in [0.29, 0.717) is 27.0 Å². The van der Waals surface area contributed by atoms with Crippen molar-refractivity contribution in [3.8, 4) is 11.5 Å². The molecule has 8 heteroatoms. The van der Waals surface area contributed by atoms with Gasteiger partial charge < -0.3 is 20.3 Å². The average Bonchev–Trinajstić information content (AvgIpc) is 3.19. The van der Waals surface area contributed by atoms with Crippen LogP contribution in [0.4, 0.5) is 17.1 Å². The molecule has 1 atom stereocenters. The Bertz CT molecular complexity index is 1530. The minimum Gasteiger partial charge on any atom is -0.508 e. The zero-order valence-electron chi connectivity index (χ0n) is 20.3. The van der Waals surface area contributed by atoms with Gasteiger partial charge >= 0.3 is 0 Å². The zero-order valence-corrected chi connectivity index (χ0v) is 21.8. The van der Waals surface area contributed by atoms with Gasteiger partial charge in [-0.15, -0.1) is 0 Å². The number of benzene rings is 4. The van der Waals surface area contributed by atoms with Crippen LogP contribution in [0.2, 0.25) is 0 Å². The van der Waals surface area contributed by atoms with Crippen molar-refractivity contribution in [2.75, 3.05) is 17.3 Å². The van der Waals surface area contributed by atoms with E-state index in [-0.39, 0.29) is 17.1 Å². The molecule has 0 bridgehead atoms. The molecule has 0 aliphatic carbocycles. The summed E-state index contributed by atoms with van der Waals surface area (Å²) in [5.41, 5.74) is 3.06. The number of hydrogen-bond donors (Lipinski definition) is 3. The first kappa shape index (κ1) is 25.1. The maximum absolute atomic E-state index is 13.4. The fourth-order valence-corrected chi connectivity index (χ4v) is 4.97. The van der Waals surface area contributed by atoms with Crippen LogP contribution in [0.1, 0.15) is 17.2 Å². The number of nitrogens with zero attached hydrogens (tertiary/aromatic N) is 1. The standard InChI is InChI=1S/C30H23BrN2O5/c1-38-25-16-9-19(17-24(25)31)28(35)26-27(18-7-14-23(34)15-8-18)33(30(37)29(26)36)22-12-10-21(11-13-22)32-20-5-3-2-4-6-20/h2-17,27,32,34-35H,1H3/b28-26-. The van der Waals surface area contributed by atoms with Crippen LogP contribution in [0, 0.1) is 0 Å². The van der Waals surface area contributed by atoms with Crippen LogP contribution >= 0.6 is 15.9 Å². The molecule has 4 aromatic carbocycles. The molecular formula is C30H23BrN2O5. The molecule has 0 aromatic heterocycles. The second kappa shape index (κ2) is 10.4. The molecule has 0 saturated carbocycles. The Morgan fingerprint density at radius 2 is 1.55 bits per heavy atom. The van der Waals surface area contributed by atoms with Crippen LogP contribution < -0.4 is 15.0 Å². The van der Waals surface area contributed by atoms with Crippen LogP contribution in [0.15, 0.2) is 107 Å². The van der Waals surface area contributed by atoms with Gasteiger partial charge in [-0.05, 0) is 88.2 Å². The van der Waals surface area contributed by atoms with Gasteiger partial charge in [0.1, 0.15) is 17.3 Å². The number of aliphatic hydroxyl groups excluding tert-OH is 1. The lowest BCUT2D eigenvalue weighted by Crippen LogP contribution is -2.29. The lowest BCUT2D eigenvalue weighted by atomic mass is 9.95. The van der Waals surface area contributed by atoms with Crippen LogP contribution in [-0.2, 0) is 9.59 Å². The van der Waals surface area contributed by atoms with E-state index in [4.69, 9.17) is 4.74 Å². The minimum absolute atomic E-state index is 0.0427. The van der Waals surface area contributed by atoms with E-state index < -0.39 is 17.7 Å². The van der Waals surface area contributed by atoms with Crippen LogP contribution in [0.25, 0.3) is 5.76 Å². The Balaban J connectivity index is 1.59. The first-order chi connectivity index (χ1) is 18.4. The molecule has 0 radical (unpaired) electrons. The molecule has 3 N–H and O–H groups in total. The summed E-state index contributed by atoms with van der Waals surface area (Å²) in [4.78, 5) is 28.1. The smallest absolute Gasteiger partial charge is 0.300 e. The lowest BCUT2D eigenvalue weighted by Gasteiger charge is -2.25. The van der Waals surface area contributed by atoms with E-state index in [1.54, 1.807) is 42.5 Å². The summed E-state index contributed by atoms with van der Waals surface area (Å²) < 4.78 is 5.85. The van der Waals surface area contributed by atoms with Gasteiger partial charge in [0.25, 0.3) is 11.7 Å². The highest BCUT2D eigenvalue weighted by molar-refractivity contribution is 9.10. The number of anilines is 3. The van der Waals surface area contributed by atoms with Crippen LogP contribution in [0.3, 0.4) is 0 Å². The summed E-state index contributed by atoms with van der Waals surface area (Å²) >= 11 is 3.40. The average molecular weight is 571 g/mol. The summed E-state index contributed by atoms with van der Waals surface area (Å²) in [6, 6.07) is 27.0. The monoisotopic (exact) mass is 570 g/mol. The number of phenols is 1. The number of ketones is 1. The summed E-state index contributed by atoms with van der Waals surface area (Å²) in [6.07, 6.45) is 0. The zero-order chi connectivity index (χ0) is 26.8. The number of carbonyl (C=O) groups excluding carboxylic acids is 2. The number of phenolic OH excluding ortho intramolecular Hbond substituents is 1. The molecule has 1 aliphatic rings. The van der Waals surface area contributed by atoms with Crippen molar-refractivity contribution in [2.24, 2.45) is 0 Å². The predicted octanol–water partition coefficient (Wildman–Crippen LogP) is 6.53. The number of amides is 1. The van der Waals surface area contributed by atoms with Crippen LogP contribution in [-0.4, -0.2) is 29.0 Å². The molecular weight excluding hydrogens is 548 g/mol. The molecule has 7 nitrogen and oxygen atoms in total. The van der Waals surface area contributed by atoms with Crippen molar-refractivity contribution < 1.29 is 24.5 Å². The summed E-state index contributed by atoms with van der Waals surface area (Å²) in [7, 11) is 1.52. The van der Waals surface area contributed by atoms with Crippen molar-refractivity contribution in [2.45, 2.75) is 6.04 Å². The molecule has 5 rings (SSSR count). The minimum atomic E-state index is -0.913. The maximum Gasteiger partial charge on any atom is 0.300 e. The summed E-state index contributed by atoms with van der Waals surface area (Å²) in [5.74, 6) is -1.28. The van der Waals surface area contributed by atoms with E-state index in [2.05, 4.69) is 21.2 Å². The van der Waals surface area contributed by atoms with Gasteiger partial charge in [0.05, 0.1) is 23.2 Å². The Morgan fingerprint density at radius 3 is 2.18 bits per heavy atom. The number of carbonyl (C=O) groups is 2. The third-order valence-corrected chi connectivity index (χ3v) is 6.91. The third-order valence-electron chi connectivity index (χ3n) is 6.29. The number of aliphatic hydroxyl groups is 1. The number of aromatic hydroxyl groups is 1. The van der Waals surface area contributed by atoms with Gasteiger partial charge in [-0.25, -0.2) is 0 Å². The van der Waals surface area contributed by atoms with Crippen molar-refractivity contribution in [3.05, 3.63) is 118 Å². The van der Waals surface area contributed by atoms with Crippen molar-refractivity contribution in [1.82, 2.24) is 0 Å². The Labute approximate surface area is 227 Å². The predicted molar refractivity (Wildman–Crippen MR) is 150 cm³/mol. The highest BCUT2D eigenvalue weighted by Gasteiger charge is 2.47. The van der Waals surface area contributed by atoms with Gasteiger partial charge in [-0.1, -0.05) is 30.3 Å². The summed E-state index contributed by atoms with van der Waals surface area (Å²) in [6.45, 7) is 0. The normalized spacial score (nSPS) is 16.5. The Kier molecular flexibility index (Phi) is 6.89. The molecule has 1 saturated heterocycles. The van der Waals surface area contributed by atoms with Crippen LogP contribution in [0.5, 0.6) is 11.5 Å². The highest BCUT2D eigenvalue weighted by atomic mass is 79.9. The molecule has 1 amide bonds. The first-order valence-corrected chi connectivity index (χ1v) is 12.5. The molecule has 1 aliphatic heterocycles. The van der Waals surface area contributed by atoms with E-state index in [1.165, 1.54) is 24.1 Å². The van der Waals surface area contributed by atoms with E-state index in [1.807, 2.05) is 42.5 Å². The molecule has 0 spiro atoms. The molecule has 1 unspecified atom stereocenters. The Morgan fingerprint density at radius 1 is 0.895 bits per heavy atom. The van der Waals surface area contributed by atoms with Crippen molar-refractivity contribution in [3.63, 3.8) is 0 Å². The van der Waals surface area contributed by atoms with Crippen molar-refractivity contribution >= 4 is 50.4 Å². The largest absolute Gasteiger partial charge is 0.508 e. The maximum atomic E-state index is 13.4. The number of methoxy groups -OCH3 is 1. The van der Waals surface area contributed by atoms with E-state index >= 15 is 0 Å². The number of nitrogens with one attached hydrogen (secondary N) is 1. The molecule has 38 heavy (non-hydrogen) atoms. The van der Waals surface area contributed by atoms with Gasteiger partial charge in [0.2, 0.25) is 0 Å². The first-order valence-electron chi connectivity index (χ1n) is 11.7. The van der Waals surface area contributed by atoms with Crippen molar-refractivity contribution in [1.29, 1.82) is 0 Å². The molecule has 1 heterocycles. The number of ether oxygens (including phenoxy) is 1. The number of hydrogen-bond acceptors (Lipinski definition) is 6. The number of rotatable bonds is 6. The Hall–Kier alpha value is -4.56. The second-order valence-corrected chi connectivity index (χ2v) is 9.50. The lowest BCUT2D eigenvalue weighted by molar-refractivity contribution is -0.132. The fourth-order valence-electron chi connectivity index (χ4n) is 4.43. The fraction of sp³-hybridized carbons (Fsp3) is 0.0667. The van der Waals surface area contributed by atoms with Gasteiger partial charge in [0.15, 0.2) is 0 Å². The molecule has 4 aromatic rings. The summed E-state index contributed by atoms with van der Waals surface area (Å²) in [5, 5.41) is 24.4. The quantitative estimate of drug-likeness (QED) is 0.138. The number of Topliss-reactive ketones (excluding diaryl/α,β-unsaturated/α-hetero) is 1.